The molecule has 1 aliphatic rings. The van der Waals surface area contributed by atoms with Gasteiger partial charge in [0.05, 0.1) is 23.6 Å². The highest BCUT2D eigenvalue weighted by Gasteiger charge is 2.38. The molecule has 16 aromatic rings. The van der Waals surface area contributed by atoms with E-state index in [1.54, 1.807) is 6.20 Å². The van der Waals surface area contributed by atoms with Crippen molar-refractivity contribution in [3.8, 4) is 74.0 Å². The van der Waals surface area contributed by atoms with Crippen LogP contribution in [0.4, 0.5) is 22.7 Å². The highest BCUT2D eigenvalue weighted by molar-refractivity contribution is 5.86. The first-order valence-electron chi connectivity index (χ1n) is 41.8. The Bertz CT molecular complexity index is 6540. The van der Waals surface area contributed by atoms with Gasteiger partial charge in [0.2, 0.25) is 34.0 Å². The summed E-state index contributed by atoms with van der Waals surface area (Å²) < 4.78 is 19.5. The van der Waals surface area contributed by atoms with E-state index >= 15 is 0 Å². The Balaban J connectivity index is 0.000000132. The van der Waals surface area contributed by atoms with Crippen molar-refractivity contribution in [2.24, 2.45) is 28.2 Å². The number of benzene rings is 7. The van der Waals surface area contributed by atoms with Gasteiger partial charge in [-0.15, -0.1) is 0 Å². The van der Waals surface area contributed by atoms with E-state index in [1.165, 1.54) is 140 Å². The molecule has 9 aromatic heterocycles. The lowest BCUT2D eigenvalue weighted by Crippen LogP contribution is -2.43. The van der Waals surface area contributed by atoms with Crippen LogP contribution >= 0.6 is 0 Å². The van der Waals surface area contributed by atoms with Gasteiger partial charge in [0.1, 0.15) is 29.5 Å². The summed E-state index contributed by atoms with van der Waals surface area (Å²) in [5, 5.41) is 1.26. The molecule has 0 spiro atoms. The van der Waals surface area contributed by atoms with Gasteiger partial charge in [0.15, 0.2) is 58.9 Å². The number of fused-ring (bicyclic) bond motifs is 2. The fourth-order valence-corrected chi connectivity index (χ4v) is 17.1. The van der Waals surface area contributed by atoms with Crippen molar-refractivity contribution in [3.63, 3.8) is 0 Å². The van der Waals surface area contributed by atoms with Gasteiger partial charge in [-0.1, -0.05) is 69.3 Å². The van der Waals surface area contributed by atoms with Crippen molar-refractivity contribution >= 4 is 33.7 Å². The second kappa shape index (κ2) is 36.0. The molecule has 0 unspecified atom stereocenters. The summed E-state index contributed by atoms with van der Waals surface area (Å²) in [4.78, 5) is 26.7. The number of aromatic nitrogens is 13. The molecule has 1 atom stereocenters. The maximum atomic E-state index is 7.39. The van der Waals surface area contributed by atoms with Crippen molar-refractivity contribution in [2.75, 3.05) is 9.80 Å². The van der Waals surface area contributed by atoms with E-state index in [-0.39, 0.29) is 11.6 Å². The molecular formula is C105H117N16+5. The van der Waals surface area contributed by atoms with Gasteiger partial charge in [-0.2, -0.15) is 22.8 Å². The third-order valence-electron chi connectivity index (χ3n) is 23.5. The van der Waals surface area contributed by atoms with E-state index < -0.39 is 0 Å². The van der Waals surface area contributed by atoms with E-state index in [9.17, 15) is 0 Å². The number of para-hydroxylation sites is 3. The molecule has 0 N–H and O–H groups in total. The fourth-order valence-electron chi connectivity index (χ4n) is 17.1. The number of aryl methyl sites for hydroxylation is 13. The van der Waals surface area contributed by atoms with Crippen molar-refractivity contribution < 1.29 is 22.8 Å². The van der Waals surface area contributed by atoms with E-state index in [0.29, 0.717) is 11.7 Å². The third-order valence-corrected chi connectivity index (χ3v) is 23.5. The minimum atomic E-state index is 0.0750. The second-order valence-corrected chi connectivity index (χ2v) is 33.6. The molecule has 1 aliphatic heterocycles. The van der Waals surface area contributed by atoms with Crippen LogP contribution in [0, 0.1) is 104 Å². The molecule has 612 valence electrons. The van der Waals surface area contributed by atoms with Crippen LogP contribution in [0.3, 0.4) is 0 Å². The largest absolute Gasteiger partial charge is 0.347 e. The minimum absolute atomic E-state index is 0.0750. The molecule has 16 nitrogen and oxygen atoms in total. The Kier molecular flexibility index (Phi) is 25.4. The molecule has 0 saturated heterocycles. The minimum Gasteiger partial charge on any atom is -0.347 e. The Morgan fingerprint density at radius 1 is 0.388 bits per heavy atom. The highest BCUT2D eigenvalue weighted by atomic mass is 15.4. The standard InChI is InChI=1S/C29H32N3.C21H26N3.C19H22N3.C18H17N4.C18H20N3/c1-19(2)30-23(6)32(27-14-10-9-13-26(27)30)29-18-20(3)17-28(22(29)5)31-21(4)15-16-24-11-7-8-12-25(24)31;1-15-9-7-8-11-24(15)19-14-17(21(3,4)5)13-18(16(19)2)20-22-10-12-23(20)6;1-13-12-14(2)18(22-10-7-6-8-15(22)3)16(4)17(13)19-20-9-11-21(19)5;1-13-7-5-6-9-22(13)17-12-15(19-3)11-16(14(17)2)18-20-8-10-21(18)4;1-13-11-16(18-19-8-10-20(18)4)15(3)17(12-13)21-9-6-5-7-14(21)2/h7-19,23H,1-6H3;7-14H,1-6H3;6-12H,1-5H3;5-12H,1-2,4H3;5-12H,1-4H3/q5*+1/t23-;;;;/m1..../s1. The van der Waals surface area contributed by atoms with Gasteiger partial charge < -0.3 is 28.1 Å². The van der Waals surface area contributed by atoms with Gasteiger partial charge in [0.25, 0.3) is 0 Å². The summed E-state index contributed by atoms with van der Waals surface area (Å²) >= 11 is 0. The van der Waals surface area contributed by atoms with Gasteiger partial charge in [-0.05, 0) is 165 Å². The maximum absolute atomic E-state index is 7.39. The van der Waals surface area contributed by atoms with E-state index in [1.807, 2.05) is 107 Å². The van der Waals surface area contributed by atoms with E-state index in [4.69, 9.17) is 6.57 Å². The highest BCUT2D eigenvalue weighted by Crippen LogP contribution is 2.47. The number of anilines is 3. The Labute approximate surface area is 716 Å². The predicted octanol–water partition coefficient (Wildman–Crippen LogP) is 21.5. The number of rotatable bonds is 11. The zero-order valence-electron chi connectivity index (χ0n) is 75.1. The van der Waals surface area contributed by atoms with Crippen LogP contribution in [0.25, 0.3) is 89.7 Å². The van der Waals surface area contributed by atoms with Gasteiger partial charge >= 0.3 is 0 Å². The van der Waals surface area contributed by atoms with Crippen LogP contribution in [-0.2, 0) is 33.6 Å². The molecule has 121 heavy (non-hydrogen) atoms. The Hall–Kier alpha value is -13.5. The molecule has 0 fully saturated rings. The molecular weight excluding hydrogens is 1490 g/mol. The second-order valence-electron chi connectivity index (χ2n) is 33.6. The molecule has 0 bridgehead atoms. The summed E-state index contributed by atoms with van der Waals surface area (Å²) in [5.74, 6) is 3.91. The molecule has 17 rings (SSSR count). The average Bonchev–Trinajstić information content (AvgIpc) is 1.57. The average molecular weight is 1600 g/mol. The number of hydrogen-bond donors (Lipinski definition) is 0. The van der Waals surface area contributed by atoms with Crippen molar-refractivity contribution in [1.82, 2.24) is 38.2 Å². The topological polar surface area (TPSA) is 102 Å². The predicted molar refractivity (Wildman–Crippen MR) is 493 cm³/mol. The Morgan fingerprint density at radius 2 is 0.818 bits per heavy atom. The van der Waals surface area contributed by atoms with Crippen molar-refractivity contribution in [3.05, 3.63) is 358 Å². The zero-order chi connectivity index (χ0) is 86.6. The van der Waals surface area contributed by atoms with Gasteiger partial charge in [-0.25, -0.2) is 24.8 Å². The van der Waals surface area contributed by atoms with Gasteiger partial charge in [-0.3, -0.25) is 0 Å². The lowest BCUT2D eigenvalue weighted by atomic mass is 9.84. The molecule has 0 amide bonds. The molecule has 0 saturated carbocycles. The zero-order valence-corrected chi connectivity index (χ0v) is 75.1. The van der Waals surface area contributed by atoms with Crippen LogP contribution in [0.1, 0.15) is 126 Å². The first-order chi connectivity index (χ1) is 57.9. The maximum Gasteiger partial charge on any atom is 0.218 e. The van der Waals surface area contributed by atoms with Crippen molar-refractivity contribution in [1.29, 1.82) is 0 Å². The molecule has 16 heteroatoms. The number of pyridine rings is 5. The first-order valence-corrected chi connectivity index (χ1v) is 41.8. The van der Waals surface area contributed by atoms with Crippen LogP contribution in [0.15, 0.2) is 262 Å². The third kappa shape index (κ3) is 17.5. The SMILES string of the molecule is Cc1c(-c2nccn2C)cc(C(C)(C)C)cc1-[n+]1ccccc1C.Cc1cc(-c2nccn2C)c(C)c(-[n+]2ccccc2C)c1.Cc1cc(C)c(-[n+]2ccccc2C)c(C)c1-c1nccn1C.Cc1cc(N2c3ccccc3N(C(C)C)[C@H]2C)c(C)c(-[n+]2c(C)ccc3ccccc32)c1.[C-]#[N+]c1cc(-c2nccn2C)c(C)c(-[n+]2ccccc2C)c1. The normalized spacial score (nSPS) is 12.2. The smallest absolute Gasteiger partial charge is 0.218 e. The van der Waals surface area contributed by atoms with Crippen LogP contribution in [0.5, 0.6) is 0 Å². The summed E-state index contributed by atoms with van der Waals surface area (Å²) in [6.07, 6.45) is 23.9. The lowest BCUT2D eigenvalue weighted by Gasteiger charge is -2.33. The van der Waals surface area contributed by atoms with E-state index in [2.05, 4.69) is 392 Å². The summed E-state index contributed by atoms with van der Waals surface area (Å²) in [6.45, 7) is 51.3. The summed E-state index contributed by atoms with van der Waals surface area (Å²) in [6, 6.07) is 67.0. The molecule has 0 aliphatic carbocycles. The first kappa shape index (κ1) is 85.4. The van der Waals surface area contributed by atoms with Crippen molar-refractivity contribution in [2.45, 2.75) is 156 Å². The summed E-state index contributed by atoms with van der Waals surface area (Å²) in [7, 11) is 8.09. The molecule has 0 radical (unpaired) electrons. The lowest BCUT2D eigenvalue weighted by molar-refractivity contribution is -0.603. The van der Waals surface area contributed by atoms with Crippen LogP contribution in [-0.4, -0.2) is 50.4 Å². The number of nitrogens with zero attached hydrogens (tertiary/aromatic N) is 16. The number of hydrogen-bond acceptors (Lipinski definition) is 6. The van der Waals surface area contributed by atoms with Crippen LogP contribution in [0.2, 0.25) is 0 Å². The molecule has 10 heterocycles. The fraction of sp³-hybridized carbons (Fsp3) is 0.257. The molecule has 7 aromatic carbocycles. The van der Waals surface area contributed by atoms with Crippen LogP contribution < -0.4 is 32.6 Å². The van der Waals surface area contributed by atoms with E-state index in [0.717, 1.165) is 45.8 Å². The number of imidazole rings is 4. The quantitative estimate of drug-likeness (QED) is 0.0944. The van der Waals surface area contributed by atoms with Gasteiger partial charge in [0, 0.05) is 264 Å². The monoisotopic (exact) mass is 1600 g/mol. The summed E-state index contributed by atoms with van der Waals surface area (Å²) in [5.41, 5.74) is 34.9. The Morgan fingerprint density at radius 3 is 1.30 bits per heavy atom.